The van der Waals surface area contributed by atoms with E-state index in [4.69, 9.17) is 0 Å². The van der Waals surface area contributed by atoms with E-state index >= 15 is 0 Å². The van der Waals surface area contributed by atoms with E-state index in [2.05, 4.69) is 25.9 Å². The lowest BCUT2D eigenvalue weighted by Crippen LogP contribution is -2.49. The van der Waals surface area contributed by atoms with Crippen molar-refractivity contribution in [2.45, 2.75) is 38.6 Å². The number of aryl methyl sites for hydroxylation is 1. The maximum Gasteiger partial charge on any atom is 0.223 e. The van der Waals surface area contributed by atoms with E-state index in [0.717, 1.165) is 62.7 Å². The van der Waals surface area contributed by atoms with Crippen LogP contribution in [0.2, 0.25) is 0 Å². The Bertz CT molecular complexity index is 476. The van der Waals surface area contributed by atoms with Crippen LogP contribution < -0.4 is 15.5 Å². The van der Waals surface area contributed by atoms with Gasteiger partial charge in [-0.15, -0.1) is 11.3 Å². The number of rotatable bonds is 3. The van der Waals surface area contributed by atoms with Crippen LogP contribution in [0.25, 0.3) is 0 Å². The highest BCUT2D eigenvalue weighted by atomic mass is 32.1. The van der Waals surface area contributed by atoms with E-state index in [1.165, 1.54) is 0 Å². The van der Waals surface area contributed by atoms with Crippen molar-refractivity contribution in [3.05, 3.63) is 11.1 Å². The summed E-state index contributed by atoms with van der Waals surface area (Å²) in [5.41, 5.74) is 1.08. The third kappa shape index (κ3) is 3.74. The summed E-state index contributed by atoms with van der Waals surface area (Å²) >= 11 is 1.70. The average Bonchev–Trinajstić information content (AvgIpc) is 2.95. The zero-order valence-corrected chi connectivity index (χ0v) is 13.4. The van der Waals surface area contributed by atoms with Crippen LogP contribution in [0.5, 0.6) is 0 Å². The molecule has 0 radical (unpaired) electrons. The Kier molecular flexibility index (Phi) is 4.75. The van der Waals surface area contributed by atoms with Gasteiger partial charge < -0.3 is 15.5 Å². The second kappa shape index (κ2) is 6.75. The minimum absolute atomic E-state index is 0.171. The number of thiazole rings is 1. The highest BCUT2D eigenvalue weighted by Gasteiger charge is 2.27. The SMILES string of the molecule is Cc1csc(N2CCC(C(=O)N[C@H]3CCCNC3)CC2)n1. The van der Waals surface area contributed by atoms with Crippen LogP contribution in [0, 0.1) is 12.8 Å². The van der Waals surface area contributed by atoms with Gasteiger partial charge in [-0.2, -0.15) is 0 Å². The van der Waals surface area contributed by atoms with Crippen LogP contribution in [0.4, 0.5) is 5.13 Å². The molecule has 2 N–H and O–H groups in total. The molecule has 21 heavy (non-hydrogen) atoms. The highest BCUT2D eigenvalue weighted by molar-refractivity contribution is 7.13. The van der Waals surface area contributed by atoms with Crippen molar-refractivity contribution in [3.8, 4) is 0 Å². The smallest absolute Gasteiger partial charge is 0.223 e. The Morgan fingerprint density at radius 1 is 1.43 bits per heavy atom. The number of amides is 1. The Morgan fingerprint density at radius 3 is 2.86 bits per heavy atom. The fourth-order valence-corrected chi connectivity index (χ4v) is 3.97. The average molecular weight is 308 g/mol. The summed E-state index contributed by atoms with van der Waals surface area (Å²) in [6, 6.07) is 0.325. The topological polar surface area (TPSA) is 57.3 Å². The molecule has 6 heteroatoms. The van der Waals surface area contributed by atoms with Gasteiger partial charge in [-0.05, 0) is 39.2 Å². The van der Waals surface area contributed by atoms with E-state index in [-0.39, 0.29) is 11.8 Å². The first-order valence-electron chi connectivity index (χ1n) is 7.90. The van der Waals surface area contributed by atoms with Gasteiger partial charge in [-0.3, -0.25) is 4.79 Å². The molecule has 5 nitrogen and oxygen atoms in total. The van der Waals surface area contributed by atoms with Gasteiger partial charge in [-0.25, -0.2) is 4.98 Å². The van der Waals surface area contributed by atoms with Crippen molar-refractivity contribution >= 4 is 22.4 Å². The quantitative estimate of drug-likeness (QED) is 0.889. The Morgan fingerprint density at radius 2 is 2.24 bits per heavy atom. The number of nitrogens with one attached hydrogen (secondary N) is 2. The number of aromatic nitrogens is 1. The summed E-state index contributed by atoms with van der Waals surface area (Å²) in [5, 5.41) is 9.75. The lowest BCUT2D eigenvalue weighted by molar-refractivity contribution is -0.126. The van der Waals surface area contributed by atoms with Crippen molar-refractivity contribution in [2.75, 3.05) is 31.1 Å². The summed E-state index contributed by atoms with van der Waals surface area (Å²) < 4.78 is 0. The monoisotopic (exact) mass is 308 g/mol. The van der Waals surface area contributed by atoms with Crippen molar-refractivity contribution in [1.82, 2.24) is 15.6 Å². The van der Waals surface area contributed by atoms with Crippen molar-refractivity contribution in [2.24, 2.45) is 5.92 Å². The number of carbonyl (C=O) groups is 1. The maximum atomic E-state index is 12.3. The second-order valence-electron chi connectivity index (χ2n) is 6.08. The molecule has 0 aliphatic carbocycles. The molecule has 0 aromatic carbocycles. The standard InChI is InChI=1S/C15H24N4OS/c1-11-10-21-15(17-11)19-7-4-12(5-8-19)14(20)18-13-3-2-6-16-9-13/h10,12-13,16H,2-9H2,1H3,(H,18,20)/t13-/m0/s1. The number of nitrogens with zero attached hydrogens (tertiary/aromatic N) is 2. The summed E-state index contributed by atoms with van der Waals surface area (Å²) in [6.07, 6.45) is 4.14. The molecule has 0 unspecified atom stereocenters. The number of hydrogen-bond acceptors (Lipinski definition) is 5. The molecule has 1 aromatic heterocycles. The van der Waals surface area contributed by atoms with Gasteiger partial charge in [0.05, 0.1) is 5.69 Å². The maximum absolute atomic E-state index is 12.3. The van der Waals surface area contributed by atoms with Crippen molar-refractivity contribution < 1.29 is 4.79 Å². The molecule has 2 aliphatic heterocycles. The molecule has 2 fully saturated rings. The molecule has 3 heterocycles. The predicted octanol–water partition coefficient (Wildman–Crippen LogP) is 1.54. The molecule has 3 rings (SSSR count). The zero-order valence-electron chi connectivity index (χ0n) is 12.6. The van der Waals surface area contributed by atoms with Crippen LogP contribution >= 0.6 is 11.3 Å². The number of carbonyl (C=O) groups excluding carboxylic acids is 1. The lowest BCUT2D eigenvalue weighted by Gasteiger charge is -2.32. The van der Waals surface area contributed by atoms with E-state index in [1.54, 1.807) is 11.3 Å². The largest absolute Gasteiger partial charge is 0.352 e. The molecule has 116 valence electrons. The molecule has 2 saturated heterocycles. The minimum atomic E-state index is 0.171. The van der Waals surface area contributed by atoms with Crippen LogP contribution in [-0.4, -0.2) is 43.1 Å². The van der Waals surface area contributed by atoms with Gasteiger partial charge in [0.2, 0.25) is 5.91 Å². The molecular weight excluding hydrogens is 284 g/mol. The molecule has 1 atom stereocenters. The second-order valence-corrected chi connectivity index (χ2v) is 6.92. The van der Waals surface area contributed by atoms with Crippen LogP contribution in [-0.2, 0) is 4.79 Å². The van der Waals surface area contributed by atoms with Crippen molar-refractivity contribution in [1.29, 1.82) is 0 Å². The summed E-state index contributed by atoms with van der Waals surface area (Å²) in [7, 11) is 0. The zero-order chi connectivity index (χ0) is 14.7. The highest BCUT2D eigenvalue weighted by Crippen LogP contribution is 2.26. The summed E-state index contributed by atoms with van der Waals surface area (Å²) in [6.45, 7) is 5.90. The van der Waals surface area contributed by atoms with E-state index in [1.807, 2.05) is 6.92 Å². The van der Waals surface area contributed by atoms with Gasteiger partial charge in [0.25, 0.3) is 0 Å². The van der Waals surface area contributed by atoms with Gasteiger partial charge >= 0.3 is 0 Å². The Labute approximate surface area is 130 Å². The van der Waals surface area contributed by atoms with Crippen LogP contribution in [0.15, 0.2) is 5.38 Å². The van der Waals surface area contributed by atoms with E-state index in [9.17, 15) is 4.79 Å². The fraction of sp³-hybridized carbons (Fsp3) is 0.733. The first-order valence-corrected chi connectivity index (χ1v) is 8.78. The molecule has 1 aromatic rings. The Balaban J connectivity index is 1.47. The number of anilines is 1. The van der Waals surface area contributed by atoms with Gasteiger partial charge in [0.15, 0.2) is 5.13 Å². The third-order valence-corrected chi connectivity index (χ3v) is 5.41. The summed E-state index contributed by atoms with van der Waals surface area (Å²) in [4.78, 5) is 19.2. The van der Waals surface area contributed by atoms with E-state index < -0.39 is 0 Å². The third-order valence-electron chi connectivity index (χ3n) is 4.39. The number of piperidine rings is 2. The van der Waals surface area contributed by atoms with Gasteiger partial charge in [-0.1, -0.05) is 0 Å². The molecule has 0 saturated carbocycles. The van der Waals surface area contributed by atoms with Crippen LogP contribution in [0.1, 0.15) is 31.4 Å². The molecule has 0 spiro atoms. The van der Waals surface area contributed by atoms with Crippen LogP contribution in [0.3, 0.4) is 0 Å². The predicted molar refractivity (Wildman–Crippen MR) is 85.8 cm³/mol. The Hall–Kier alpha value is -1.14. The minimum Gasteiger partial charge on any atom is -0.352 e. The van der Waals surface area contributed by atoms with Gasteiger partial charge in [0.1, 0.15) is 0 Å². The van der Waals surface area contributed by atoms with Crippen molar-refractivity contribution in [3.63, 3.8) is 0 Å². The first-order chi connectivity index (χ1) is 10.2. The molecular formula is C15H24N4OS. The molecule has 1 amide bonds. The summed E-state index contributed by atoms with van der Waals surface area (Å²) in [5.74, 6) is 0.419. The first kappa shape index (κ1) is 14.8. The van der Waals surface area contributed by atoms with Gasteiger partial charge in [0, 0.05) is 37.0 Å². The molecule has 2 aliphatic rings. The molecule has 0 bridgehead atoms. The van der Waals surface area contributed by atoms with E-state index in [0.29, 0.717) is 6.04 Å². The fourth-order valence-electron chi connectivity index (χ4n) is 3.11. The normalized spacial score (nSPS) is 24.0. The number of hydrogen-bond donors (Lipinski definition) is 2. The lowest BCUT2D eigenvalue weighted by atomic mass is 9.95.